The monoisotopic (exact) mass is 240 g/mol. The molecule has 0 aromatic heterocycles. The maximum atomic E-state index is 11.7. The Kier molecular flexibility index (Phi) is 4.62. The summed E-state index contributed by atoms with van der Waals surface area (Å²) in [7, 11) is 0. The predicted molar refractivity (Wildman–Crippen MR) is 67.7 cm³/mol. The van der Waals surface area contributed by atoms with Crippen molar-refractivity contribution in [3.8, 4) is 0 Å². The molecule has 0 aliphatic heterocycles. The van der Waals surface area contributed by atoms with Crippen molar-refractivity contribution in [3.05, 3.63) is 28.8 Å². The van der Waals surface area contributed by atoms with Gasteiger partial charge in [-0.15, -0.1) is 0 Å². The summed E-state index contributed by atoms with van der Waals surface area (Å²) in [6, 6.07) is 4.90. The summed E-state index contributed by atoms with van der Waals surface area (Å²) in [4.78, 5) is 11.7. The summed E-state index contributed by atoms with van der Waals surface area (Å²) in [5.74, 6) is 0.398. The van der Waals surface area contributed by atoms with Crippen molar-refractivity contribution in [2.75, 3.05) is 12.3 Å². The van der Waals surface area contributed by atoms with Crippen LogP contribution in [0.4, 0.5) is 5.69 Å². The zero-order valence-corrected chi connectivity index (χ0v) is 10.3. The van der Waals surface area contributed by atoms with Crippen molar-refractivity contribution >= 4 is 23.2 Å². The van der Waals surface area contributed by atoms with Gasteiger partial charge in [0.15, 0.2) is 0 Å². The smallest absolute Gasteiger partial charge is 0.252 e. The third-order valence-corrected chi connectivity index (χ3v) is 2.57. The Balaban J connectivity index is 2.62. The summed E-state index contributed by atoms with van der Waals surface area (Å²) in [5, 5.41) is 3.25. The van der Waals surface area contributed by atoms with Gasteiger partial charge in [-0.2, -0.15) is 0 Å². The molecule has 3 N–H and O–H groups in total. The van der Waals surface area contributed by atoms with E-state index in [1.807, 2.05) is 0 Å². The number of hydrogen-bond acceptors (Lipinski definition) is 2. The highest BCUT2D eigenvalue weighted by Crippen LogP contribution is 2.18. The molecule has 0 bridgehead atoms. The highest BCUT2D eigenvalue weighted by molar-refractivity contribution is 6.34. The lowest BCUT2D eigenvalue weighted by Gasteiger charge is -2.08. The van der Waals surface area contributed by atoms with Gasteiger partial charge in [-0.05, 0) is 30.5 Å². The van der Waals surface area contributed by atoms with E-state index in [0.717, 1.165) is 6.42 Å². The minimum Gasteiger partial charge on any atom is -0.399 e. The Morgan fingerprint density at radius 3 is 2.81 bits per heavy atom. The number of anilines is 1. The zero-order chi connectivity index (χ0) is 12.1. The lowest BCUT2D eigenvalue weighted by Crippen LogP contribution is -2.25. The van der Waals surface area contributed by atoms with Crippen molar-refractivity contribution in [2.24, 2.45) is 5.92 Å². The van der Waals surface area contributed by atoms with Crippen LogP contribution >= 0.6 is 11.6 Å². The van der Waals surface area contributed by atoms with Gasteiger partial charge >= 0.3 is 0 Å². The van der Waals surface area contributed by atoms with Gasteiger partial charge < -0.3 is 11.1 Å². The first-order valence-electron chi connectivity index (χ1n) is 5.34. The number of nitrogens with one attached hydrogen (secondary N) is 1. The van der Waals surface area contributed by atoms with Gasteiger partial charge in [0.25, 0.3) is 5.91 Å². The molecule has 0 aliphatic rings. The fraction of sp³-hybridized carbons (Fsp3) is 0.417. The van der Waals surface area contributed by atoms with Gasteiger partial charge in [0.1, 0.15) is 0 Å². The molecule has 0 spiro atoms. The Bertz CT molecular complexity index is 377. The van der Waals surface area contributed by atoms with E-state index in [4.69, 9.17) is 17.3 Å². The molecule has 1 aromatic carbocycles. The van der Waals surface area contributed by atoms with Gasteiger partial charge in [-0.25, -0.2) is 0 Å². The number of halogens is 1. The summed E-state index contributed by atoms with van der Waals surface area (Å²) < 4.78 is 0. The topological polar surface area (TPSA) is 55.1 Å². The first-order chi connectivity index (χ1) is 7.50. The minimum absolute atomic E-state index is 0.169. The van der Waals surface area contributed by atoms with Gasteiger partial charge in [0.05, 0.1) is 10.6 Å². The molecule has 0 unspecified atom stereocenters. The van der Waals surface area contributed by atoms with E-state index in [0.29, 0.717) is 28.7 Å². The van der Waals surface area contributed by atoms with E-state index in [9.17, 15) is 4.79 Å². The average molecular weight is 241 g/mol. The number of rotatable bonds is 4. The quantitative estimate of drug-likeness (QED) is 0.795. The molecular weight excluding hydrogens is 224 g/mol. The molecule has 0 saturated heterocycles. The fourth-order valence-corrected chi connectivity index (χ4v) is 1.49. The molecule has 0 heterocycles. The van der Waals surface area contributed by atoms with E-state index in [2.05, 4.69) is 19.2 Å². The van der Waals surface area contributed by atoms with Crippen molar-refractivity contribution < 1.29 is 4.79 Å². The first kappa shape index (κ1) is 12.8. The number of nitrogen functional groups attached to an aromatic ring is 1. The Morgan fingerprint density at radius 2 is 2.19 bits per heavy atom. The third kappa shape index (κ3) is 3.74. The maximum absolute atomic E-state index is 11.7. The molecule has 0 aliphatic carbocycles. The molecule has 0 atom stereocenters. The van der Waals surface area contributed by atoms with E-state index < -0.39 is 0 Å². The van der Waals surface area contributed by atoms with Crippen LogP contribution in [-0.4, -0.2) is 12.5 Å². The Labute approximate surface area is 101 Å². The Morgan fingerprint density at radius 1 is 1.50 bits per heavy atom. The molecule has 0 fully saturated rings. The van der Waals surface area contributed by atoms with E-state index >= 15 is 0 Å². The highest BCUT2D eigenvalue weighted by Gasteiger charge is 2.10. The van der Waals surface area contributed by atoms with Gasteiger partial charge in [-0.3, -0.25) is 4.79 Å². The van der Waals surface area contributed by atoms with Gasteiger partial charge in [0.2, 0.25) is 0 Å². The van der Waals surface area contributed by atoms with Crippen molar-refractivity contribution in [1.29, 1.82) is 0 Å². The summed E-state index contributed by atoms with van der Waals surface area (Å²) >= 11 is 5.92. The fourth-order valence-electron chi connectivity index (χ4n) is 1.29. The molecule has 16 heavy (non-hydrogen) atoms. The number of carbonyl (C=O) groups excluding carboxylic acids is 1. The van der Waals surface area contributed by atoms with Crippen molar-refractivity contribution in [1.82, 2.24) is 5.32 Å². The molecule has 1 rings (SSSR count). The SMILES string of the molecule is CC(C)CCNC(=O)c1cc(N)ccc1Cl. The predicted octanol–water partition coefficient (Wildman–Crippen LogP) is 2.70. The number of benzene rings is 1. The standard InChI is InChI=1S/C12H17ClN2O/c1-8(2)5-6-15-12(16)10-7-9(14)3-4-11(10)13/h3-4,7-8H,5-6,14H2,1-2H3,(H,15,16). The molecule has 88 valence electrons. The van der Waals surface area contributed by atoms with E-state index in [-0.39, 0.29) is 5.91 Å². The molecule has 0 saturated carbocycles. The van der Waals surface area contributed by atoms with Crippen LogP contribution < -0.4 is 11.1 Å². The van der Waals surface area contributed by atoms with Crippen LogP contribution in [0, 0.1) is 5.92 Å². The highest BCUT2D eigenvalue weighted by atomic mass is 35.5. The molecular formula is C12H17ClN2O. The second-order valence-electron chi connectivity index (χ2n) is 4.18. The molecule has 3 nitrogen and oxygen atoms in total. The zero-order valence-electron chi connectivity index (χ0n) is 9.59. The van der Waals surface area contributed by atoms with Crippen LogP contribution in [0.1, 0.15) is 30.6 Å². The molecule has 1 amide bonds. The van der Waals surface area contributed by atoms with Crippen LogP contribution in [-0.2, 0) is 0 Å². The minimum atomic E-state index is -0.169. The Hall–Kier alpha value is -1.22. The maximum Gasteiger partial charge on any atom is 0.252 e. The van der Waals surface area contributed by atoms with E-state index in [1.54, 1.807) is 18.2 Å². The molecule has 0 radical (unpaired) electrons. The van der Waals surface area contributed by atoms with Crippen LogP contribution in [0.3, 0.4) is 0 Å². The van der Waals surface area contributed by atoms with Gasteiger partial charge in [0, 0.05) is 12.2 Å². The van der Waals surface area contributed by atoms with Crippen molar-refractivity contribution in [3.63, 3.8) is 0 Å². The second kappa shape index (κ2) is 5.75. The van der Waals surface area contributed by atoms with Crippen LogP contribution in [0.25, 0.3) is 0 Å². The normalized spacial score (nSPS) is 10.5. The molecule has 4 heteroatoms. The third-order valence-electron chi connectivity index (χ3n) is 2.24. The second-order valence-corrected chi connectivity index (χ2v) is 4.58. The lowest BCUT2D eigenvalue weighted by atomic mass is 10.1. The molecule has 1 aromatic rings. The van der Waals surface area contributed by atoms with Crippen LogP contribution in [0.15, 0.2) is 18.2 Å². The van der Waals surface area contributed by atoms with Gasteiger partial charge in [-0.1, -0.05) is 25.4 Å². The van der Waals surface area contributed by atoms with Crippen LogP contribution in [0.2, 0.25) is 5.02 Å². The number of nitrogens with two attached hydrogens (primary N) is 1. The first-order valence-corrected chi connectivity index (χ1v) is 5.71. The average Bonchev–Trinajstić information content (AvgIpc) is 2.21. The van der Waals surface area contributed by atoms with Crippen LogP contribution in [0.5, 0.6) is 0 Å². The number of hydrogen-bond donors (Lipinski definition) is 2. The van der Waals surface area contributed by atoms with Crippen molar-refractivity contribution in [2.45, 2.75) is 20.3 Å². The summed E-state index contributed by atoms with van der Waals surface area (Å²) in [6.45, 7) is 4.88. The summed E-state index contributed by atoms with van der Waals surface area (Å²) in [6.07, 6.45) is 0.950. The lowest BCUT2D eigenvalue weighted by molar-refractivity contribution is 0.0952. The summed E-state index contributed by atoms with van der Waals surface area (Å²) in [5.41, 5.74) is 6.58. The van der Waals surface area contributed by atoms with E-state index in [1.165, 1.54) is 0 Å². The number of carbonyl (C=O) groups is 1. The largest absolute Gasteiger partial charge is 0.399 e. The number of amides is 1.